The van der Waals surface area contributed by atoms with Crippen LogP contribution in [0.4, 0.5) is 9.80 Å². The molecule has 0 aromatic carbocycles. The average Bonchev–Trinajstić information content (AvgIpc) is 3.53. The predicted octanol–water partition coefficient (Wildman–Crippen LogP) is 15.2. The van der Waals surface area contributed by atoms with Crippen LogP contribution in [-0.4, -0.2) is 41.6 Å². The van der Waals surface area contributed by atoms with Gasteiger partial charge in [-0.05, 0) is 77.7 Å². The lowest BCUT2D eigenvalue weighted by molar-refractivity contribution is -0.116. The molecule has 1 aliphatic heterocycles. The molecule has 1 aliphatic rings. The molecule has 0 unspecified atom stereocenters. The van der Waals surface area contributed by atoms with Crippen molar-refractivity contribution in [3.05, 3.63) is 40.3 Å². The van der Waals surface area contributed by atoms with E-state index in [1.54, 1.807) is 4.90 Å². The maximum atomic E-state index is 13.6. The molecule has 1 N–H and O–H groups in total. The lowest BCUT2D eigenvalue weighted by Gasteiger charge is -2.30. The summed E-state index contributed by atoms with van der Waals surface area (Å²) in [5, 5.41) is 3.63. The van der Waals surface area contributed by atoms with Gasteiger partial charge >= 0.3 is 12.1 Å². The van der Waals surface area contributed by atoms with Crippen molar-refractivity contribution >= 4 is 34.3 Å². The molecule has 2 amide bonds. The second-order valence-corrected chi connectivity index (χ2v) is 18.4. The predicted molar refractivity (Wildman–Crippen MR) is 242 cm³/mol. The van der Waals surface area contributed by atoms with Crippen molar-refractivity contribution in [1.82, 2.24) is 4.90 Å². The Morgan fingerprint density at radius 1 is 0.667 bits per heavy atom. The van der Waals surface area contributed by atoms with Gasteiger partial charge < -0.3 is 19.7 Å². The fraction of sp³-hybridized carbons (Fsp3) is 0.776. The van der Waals surface area contributed by atoms with E-state index in [0.717, 1.165) is 61.8 Å². The van der Waals surface area contributed by atoms with Crippen LogP contribution in [0.2, 0.25) is 0 Å². The number of ether oxygens (including phenoxy) is 2. The Morgan fingerprint density at radius 2 is 1.16 bits per heavy atom. The molecule has 7 nitrogen and oxygen atoms in total. The first kappa shape index (κ1) is 50.5. The summed E-state index contributed by atoms with van der Waals surface area (Å²) in [7, 11) is 0. The molecule has 0 radical (unpaired) electrons. The van der Waals surface area contributed by atoms with Gasteiger partial charge in [0.1, 0.15) is 10.6 Å². The van der Waals surface area contributed by atoms with Crippen LogP contribution in [0.5, 0.6) is 0 Å². The lowest BCUT2D eigenvalue weighted by atomic mass is 10.0. The van der Waals surface area contributed by atoms with Crippen LogP contribution in [0.1, 0.15) is 235 Å². The molecule has 2 rings (SSSR count). The molecule has 2 heterocycles. The standard InChI is InChI=1S/C49H84N2O5S/c1-6-8-10-12-14-16-18-20-22-24-26-28-30-32-34-36-40-55-47(53)45-42-38-39-51(48(54)56-49(3,4)5)41-43(42)57-46(45)50-44(52)37-35-33-31-29-27-25-23-21-19-17-15-13-11-9-7-2/h14,16,20,22H,6-13,15,17-19,21,23-41H2,1-5H3,(H,50,52)/b16-14-,22-20-. The number of unbranched alkanes of at least 4 members (excludes halogenated alkanes) is 23. The van der Waals surface area contributed by atoms with Crippen molar-refractivity contribution in [2.75, 3.05) is 18.5 Å². The van der Waals surface area contributed by atoms with E-state index in [-0.39, 0.29) is 18.0 Å². The van der Waals surface area contributed by atoms with Crippen LogP contribution >= 0.6 is 11.3 Å². The first-order valence-corrected chi connectivity index (χ1v) is 24.4. The zero-order valence-electron chi connectivity index (χ0n) is 37.3. The number of fused-ring (bicyclic) bond motifs is 1. The van der Waals surface area contributed by atoms with E-state index < -0.39 is 5.60 Å². The van der Waals surface area contributed by atoms with Crippen molar-refractivity contribution in [1.29, 1.82) is 0 Å². The van der Waals surface area contributed by atoms with E-state index in [1.165, 1.54) is 133 Å². The van der Waals surface area contributed by atoms with Gasteiger partial charge in [0.25, 0.3) is 0 Å². The molecule has 8 heteroatoms. The van der Waals surface area contributed by atoms with Gasteiger partial charge in [-0.1, -0.05) is 167 Å². The molecule has 0 saturated heterocycles. The number of thiophene rings is 1. The van der Waals surface area contributed by atoms with Gasteiger partial charge in [0.2, 0.25) is 5.91 Å². The highest BCUT2D eigenvalue weighted by molar-refractivity contribution is 7.17. The van der Waals surface area contributed by atoms with Crippen molar-refractivity contribution in [2.45, 2.75) is 233 Å². The SMILES string of the molecule is CCCCC/C=C\C/C=C\CCCCCCCCOC(=O)c1c(NC(=O)CCCCCCCCCCCCCCCCC)sc2c1CCN(C(=O)OC(C)(C)C)C2. The van der Waals surface area contributed by atoms with Gasteiger partial charge in [0, 0.05) is 17.8 Å². The molecule has 1 aromatic rings. The number of allylic oxidation sites excluding steroid dienone is 4. The topological polar surface area (TPSA) is 84.9 Å². The van der Waals surface area contributed by atoms with Crippen molar-refractivity contribution < 1.29 is 23.9 Å². The van der Waals surface area contributed by atoms with E-state index in [4.69, 9.17) is 9.47 Å². The van der Waals surface area contributed by atoms with E-state index in [0.29, 0.717) is 43.1 Å². The van der Waals surface area contributed by atoms with E-state index in [2.05, 4.69) is 43.5 Å². The van der Waals surface area contributed by atoms with Crippen LogP contribution in [0, 0.1) is 0 Å². The zero-order chi connectivity index (χ0) is 41.4. The van der Waals surface area contributed by atoms with Gasteiger partial charge in [0.05, 0.1) is 18.7 Å². The van der Waals surface area contributed by atoms with Crippen LogP contribution in [0.25, 0.3) is 0 Å². The summed E-state index contributed by atoms with van der Waals surface area (Å²) >= 11 is 1.40. The zero-order valence-corrected chi connectivity index (χ0v) is 38.2. The fourth-order valence-corrected chi connectivity index (χ4v) is 8.63. The quantitative estimate of drug-likeness (QED) is 0.0434. The Labute approximate surface area is 353 Å². The maximum Gasteiger partial charge on any atom is 0.410 e. The van der Waals surface area contributed by atoms with Gasteiger partial charge in [-0.2, -0.15) is 0 Å². The number of carbonyl (C=O) groups excluding carboxylic acids is 3. The number of nitrogens with one attached hydrogen (secondary N) is 1. The Hall–Kier alpha value is -2.61. The number of nitrogens with zero attached hydrogens (tertiary/aromatic N) is 1. The number of hydrogen-bond acceptors (Lipinski definition) is 6. The highest BCUT2D eigenvalue weighted by Gasteiger charge is 2.32. The smallest absolute Gasteiger partial charge is 0.410 e. The monoisotopic (exact) mass is 813 g/mol. The van der Waals surface area contributed by atoms with E-state index in [9.17, 15) is 14.4 Å². The normalized spacial score (nSPS) is 13.1. The minimum absolute atomic E-state index is 0.0635. The summed E-state index contributed by atoms with van der Waals surface area (Å²) in [5.74, 6) is -0.436. The van der Waals surface area contributed by atoms with Gasteiger partial charge in [-0.25, -0.2) is 9.59 Å². The number of hydrogen-bond donors (Lipinski definition) is 1. The minimum atomic E-state index is -0.587. The highest BCUT2D eigenvalue weighted by atomic mass is 32.1. The molecule has 0 fully saturated rings. The van der Waals surface area contributed by atoms with Crippen LogP contribution in [0.15, 0.2) is 24.3 Å². The number of carbonyl (C=O) groups is 3. The molecule has 0 atom stereocenters. The summed E-state index contributed by atoms with van der Waals surface area (Å²) < 4.78 is 11.4. The number of anilines is 1. The third kappa shape index (κ3) is 24.8. The molecule has 0 aliphatic carbocycles. The molecule has 326 valence electrons. The Morgan fingerprint density at radius 3 is 1.72 bits per heavy atom. The molecule has 1 aromatic heterocycles. The van der Waals surface area contributed by atoms with Crippen LogP contribution < -0.4 is 5.32 Å². The first-order chi connectivity index (χ1) is 27.7. The van der Waals surface area contributed by atoms with Crippen LogP contribution in [-0.2, 0) is 27.2 Å². The number of esters is 1. The summed E-state index contributed by atoms with van der Waals surface area (Å²) in [6.07, 6.45) is 43.0. The molecule has 0 bridgehead atoms. The Kier molecular flexibility index (Phi) is 28.6. The van der Waals surface area contributed by atoms with Crippen LogP contribution in [0.3, 0.4) is 0 Å². The maximum absolute atomic E-state index is 13.6. The first-order valence-electron chi connectivity index (χ1n) is 23.6. The van der Waals surface area contributed by atoms with E-state index in [1.807, 2.05) is 20.8 Å². The summed E-state index contributed by atoms with van der Waals surface area (Å²) in [4.78, 5) is 42.2. The van der Waals surface area contributed by atoms with Gasteiger partial charge in [-0.3, -0.25) is 4.79 Å². The van der Waals surface area contributed by atoms with Crippen molar-refractivity contribution in [3.63, 3.8) is 0 Å². The molecule has 57 heavy (non-hydrogen) atoms. The van der Waals surface area contributed by atoms with Gasteiger partial charge in [0.15, 0.2) is 0 Å². The molecule has 0 saturated carbocycles. The van der Waals surface area contributed by atoms with Gasteiger partial charge in [-0.15, -0.1) is 11.3 Å². The second kappa shape index (κ2) is 32.3. The molecule has 0 spiro atoms. The average molecular weight is 813 g/mol. The van der Waals surface area contributed by atoms with Crippen molar-refractivity contribution in [2.24, 2.45) is 0 Å². The largest absolute Gasteiger partial charge is 0.462 e. The highest BCUT2D eigenvalue weighted by Crippen LogP contribution is 2.38. The van der Waals surface area contributed by atoms with Crippen molar-refractivity contribution in [3.8, 4) is 0 Å². The van der Waals surface area contributed by atoms with E-state index >= 15 is 0 Å². The number of amides is 2. The molecular weight excluding hydrogens is 729 g/mol. The Balaban J connectivity index is 1.74. The third-order valence-corrected chi connectivity index (χ3v) is 11.9. The minimum Gasteiger partial charge on any atom is -0.462 e. The fourth-order valence-electron chi connectivity index (χ4n) is 7.36. The summed E-state index contributed by atoms with van der Waals surface area (Å²) in [6, 6.07) is 0. The summed E-state index contributed by atoms with van der Waals surface area (Å²) in [5.41, 5.74) is 0.781. The third-order valence-electron chi connectivity index (χ3n) is 10.8. The number of rotatable bonds is 33. The lowest BCUT2D eigenvalue weighted by Crippen LogP contribution is -2.39. The molecular formula is C49H84N2O5S. The Bertz CT molecular complexity index is 1280. The summed E-state index contributed by atoms with van der Waals surface area (Å²) in [6.45, 7) is 11.3. The second-order valence-electron chi connectivity index (χ2n) is 17.3.